The van der Waals surface area contributed by atoms with Crippen molar-refractivity contribution in [3.05, 3.63) is 0 Å². The third-order valence-corrected chi connectivity index (χ3v) is 2.26. The van der Waals surface area contributed by atoms with Gasteiger partial charge < -0.3 is 9.84 Å². The lowest BCUT2D eigenvalue weighted by molar-refractivity contribution is -0.145. The molecule has 1 atom stereocenters. The number of esters is 1. The van der Waals surface area contributed by atoms with Crippen molar-refractivity contribution in [2.45, 2.75) is 45.1 Å². The van der Waals surface area contributed by atoms with Crippen LogP contribution < -0.4 is 0 Å². The molecule has 0 saturated carbocycles. The number of hydrogen-bond acceptors (Lipinski definition) is 5. The second-order valence-electron chi connectivity index (χ2n) is 3.85. The molecular weight excluding hydrogens is 258 g/mol. The van der Waals surface area contributed by atoms with Gasteiger partial charge in [0.25, 0.3) is 0 Å². The Balaban J connectivity index is 3.75. The Morgan fingerprint density at radius 2 is 1.90 bits per heavy atom. The number of aliphatic hydroxyl groups excluding tert-OH is 1. The minimum absolute atomic E-state index is 0.139. The summed E-state index contributed by atoms with van der Waals surface area (Å²) >= 11 is 0. The average Bonchev–Trinajstić information content (AvgIpc) is 2.46. The van der Waals surface area contributed by atoms with E-state index >= 15 is 0 Å². The van der Waals surface area contributed by atoms with Gasteiger partial charge in [-0.15, -0.1) is 0 Å². The van der Waals surface area contributed by atoms with Crippen molar-refractivity contribution in [2.24, 2.45) is 4.99 Å². The number of nitrogens with zero attached hydrogens (tertiary/aromatic N) is 1. The van der Waals surface area contributed by atoms with Crippen LogP contribution in [0.25, 0.3) is 0 Å². The van der Waals surface area contributed by atoms with Crippen LogP contribution in [0.5, 0.6) is 0 Å². The summed E-state index contributed by atoms with van der Waals surface area (Å²) < 4.78 is 4.96. The molecule has 0 aromatic heterocycles. The van der Waals surface area contributed by atoms with Crippen LogP contribution in [0.15, 0.2) is 4.99 Å². The molecule has 0 spiro atoms. The molecule has 0 rings (SSSR count). The Kier molecular flexibility index (Phi) is 12.0. The molecule has 0 aliphatic heterocycles. The Morgan fingerprint density at radius 3 is 2.45 bits per heavy atom. The van der Waals surface area contributed by atoms with Crippen LogP contribution in [-0.4, -0.2) is 36.4 Å². The zero-order chi connectivity index (χ0) is 15.1. The summed E-state index contributed by atoms with van der Waals surface area (Å²) in [5.74, 6) is 10.5. The summed E-state index contributed by atoms with van der Waals surface area (Å²) in [5, 5.41) is 8.53. The maximum absolute atomic E-state index is 11.4. The lowest BCUT2D eigenvalue weighted by Crippen LogP contribution is -2.21. The van der Waals surface area contributed by atoms with Crippen molar-refractivity contribution in [3.8, 4) is 23.7 Å². The lowest BCUT2D eigenvalue weighted by Gasteiger charge is -2.07. The topological polar surface area (TPSA) is 76.0 Å². The minimum atomic E-state index is -0.754. The molecule has 0 aliphatic rings. The summed E-state index contributed by atoms with van der Waals surface area (Å²) in [4.78, 5) is 24.9. The molecule has 0 aromatic rings. The summed E-state index contributed by atoms with van der Waals surface area (Å²) in [5.41, 5.74) is 0. The third kappa shape index (κ3) is 9.91. The Bertz CT molecular complexity index is 444. The van der Waals surface area contributed by atoms with E-state index in [0.29, 0.717) is 32.1 Å². The quantitative estimate of drug-likeness (QED) is 0.238. The fourth-order valence-electron chi connectivity index (χ4n) is 1.18. The smallest absolute Gasteiger partial charge is 0.331 e. The molecule has 5 heteroatoms. The van der Waals surface area contributed by atoms with Gasteiger partial charge in [0.2, 0.25) is 6.08 Å². The normalized spacial score (nSPS) is 10.1. The predicted octanol–water partition coefficient (Wildman–Crippen LogP) is 1.20. The Morgan fingerprint density at radius 1 is 1.25 bits per heavy atom. The summed E-state index contributed by atoms with van der Waals surface area (Å²) in [6.07, 6.45) is 4.26. The fourth-order valence-corrected chi connectivity index (χ4v) is 1.18. The number of isocyanates is 1. The van der Waals surface area contributed by atoms with Gasteiger partial charge in [0.15, 0.2) is 6.04 Å². The maximum atomic E-state index is 11.4. The highest BCUT2D eigenvalue weighted by Crippen LogP contribution is 2.00. The van der Waals surface area contributed by atoms with Crippen molar-refractivity contribution >= 4 is 12.0 Å². The second-order valence-corrected chi connectivity index (χ2v) is 3.85. The molecule has 5 nitrogen and oxygen atoms in total. The van der Waals surface area contributed by atoms with Crippen LogP contribution in [0.2, 0.25) is 0 Å². The first-order chi connectivity index (χ1) is 9.76. The van der Waals surface area contributed by atoms with Gasteiger partial charge in [-0.1, -0.05) is 18.8 Å². The second kappa shape index (κ2) is 13.4. The van der Waals surface area contributed by atoms with Crippen LogP contribution >= 0.6 is 0 Å². The largest absolute Gasteiger partial charge is 0.464 e. The van der Waals surface area contributed by atoms with Crippen LogP contribution in [0, 0.1) is 23.7 Å². The maximum Gasteiger partial charge on any atom is 0.331 e. The molecule has 1 unspecified atom stereocenters. The SMILES string of the molecule is CCC(N=C=O)C(=O)OCCCC#CC#CCCCO. The Hall–Kier alpha value is -2.07. The number of ether oxygens (including phenoxy) is 1. The van der Waals surface area contributed by atoms with E-state index in [1.165, 1.54) is 6.08 Å². The first kappa shape index (κ1) is 17.9. The monoisotopic (exact) mass is 277 g/mol. The highest BCUT2D eigenvalue weighted by Gasteiger charge is 2.16. The highest BCUT2D eigenvalue weighted by molar-refractivity contribution is 5.76. The minimum Gasteiger partial charge on any atom is -0.464 e. The molecule has 0 heterocycles. The fraction of sp³-hybridized carbons (Fsp3) is 0.600. The number of hydrogen-bond donors (Lipinski definition) is 1. The van der Waals surface area contributed by atoms with E-state index in [0.717, 1.165) is 0 Å². The van der Waals surface area contributed by atoms with Crippen LogP contribution in [0.3, 0.4) is 0 Å². The van der Waals surface area contributed by atoms with Crippen LogP contribution in [0.4, 0.5) is 0 Å². The van der Waals surface area contributed by atoms with E-state index in [4.69, 9.17) is 9.84 Å². The van der Waals surface area contributed by atoms with Gasteiger partial charge in [0.05, 0.1) is 6.61 Å². The predicted molar refractivity (Wildman–Crippen MR) is 74.3 cm³/mol. The van der Waals surface area contributed by atoms with Crippen molar-refractivity contribution in [1.29, 1.82) is 0 Å². The molecule has 0 fully saturated rings. The zero-order valence-electron chi connectivity index (χ0n) is 11.6. The molecule has 0 aliphatic carbocycles. The summed E-state index contributed by atoms with van der Waals surface area (Å²) in [6.45, 7) is 2.13. The first-order valence-corrected chi connectivity index (χ1v) is 6.56. The Labute approximate surface area is 119 Å². The number of aliphatic hydroxyl groups is 1. The van der Waals surface area contributed by atoms with Crippen molar-refractivity contribution < 1.29 is 19.4 Å². The van der Waals surface area contributed by atoms with E-state index in [2.05, 4.69) is 28.7 Å². The molecule has 108 valence electrons. The van der Waals surface area contributed by atoms with E-state index < -0.39 is 12.0 Å². The molecule has 0 amide bonds. The van der Waals surface area contributed by atoms with Crippen LogP contribution in [-0.2, 0) is 14.3 Å². The zero-order valence-corrected chi connectivity index (χ0v) is 11.6. The standard InChI is InChI=1S/C15H19NO4/c1-2-14(16-13-18)15(19)20-12-10-8-6-4-3-5-7-9-11-17/h14,17H,2,7-12H2,1H3. The molecule has 0 bridgehead atoms. The molecular formula is C15H19NO4. The number of rotatable bonds is 8. The molecule has 0 aromatic carbocycles. The van der Waals surface area contributed by atoms with Gasteiger partial charge in [-0.2, -0.15) is 4.99 Å². The van der Waals surface area contributed by atoms with Crippen molar-refractivity contribution in [2.75, 3.05) is 13.2 Å². The first-order valence-electron chi connectivity index (χ1n) is 6.56. The summed E-state index contributed by atoms with van der Waals surface area (Å²) in [6, 6.07) is -0.754. The number of aliphatic imine (C=N–C) groups is 1. The van der Waals surface area contributed by atoms with E-state index in [-0.39, 0.29) is 13.2 Å². The van der Waals surface area contributed by atoms with Gasteiger partial charge in [-0.3, -0.25) is 0 Å². The average molecular weight is 277 g/mol. The van der Waals surface area contributed by atoms with Gasteiger partial charge in [-0.25, -0.2) is 9.59 Å². The van der Waals surface area contributed by atoms with E-state index in [1.807, 2.05) is 0 Å². The third-order valence-electron chi connectivity index (χ3n) is 2.26. The molecule has 20 heavy (non-hydrogen) atoms. The number of carbonyl (C=O) groups excluding carboxylic acids is 2. The molecule has 0 radical (unpaired) electrons. The lowest BCUT2D eigenvalue weighted by atomic mass is 10.2. The van der Waals surface area contributed by atoms with Gasteiger partial charge >= 0.3 is 5.97 Å². The van der Waals surface area contributed by atoms with Crippen molar-refractivity contribution in [1.82, 2.24) is 0 Å². The van der Waals surface area contributed by atoms with Gasteiger partial charge in [0.1, 0.15) is 0 Å². The van der Waals surface area contributed by atoms with E-state index in [1.54, 1.807) is 6.92 Å². The van der Waals surface area contributed by atoms with Gasteiger partial charge in [0, 0.05) is 19.4 Å². The highest BCUT2D eigenvalue weighted by atomic mass is 16.5. The van der Waals surface area contributed by atoms with E-state index in [9.17, 15) is 9.59 Å². The number of unbranched alkanes of at least 4 members (excludes halogenated alkanes) is 2. The molecule has 1 N–H and O–H groups in total. The van der Waals surface area contributed by atoms with Gasteiger partial charge in [-0.05, 0) is 31.1 Å². The number of carbonyl (C=O) groups is 1. The van der Waals surface area contributed by atoms with Crippen LogP contribution in [0.1, 0.15) is 39.0 Å². The van der Waals surface area contributed by atoms with Crippen molar-refractivity contribution in [3.63, 3.8) is 0 Å². The summed E-state index contributed by atoms with van der Waals surface area (Å²) in [7, 11) is 0. The molecule has 0 saturated heterocycles.